The molecule has 0 fully saturated rings. The van der Waals surface area contributed by atoms with Crippen molar-refractivity contribution in [2.45, 2.75) is 309 Å². The molecular weight excluding hydrogens is 829 g/mol. The summed E-state index contributed by atoms with van der Waals surface area (Å²) >= 11 is 0. The topological polar surface area (TPSA) is 78.9 Å². The molecule has 0 bridgehead atoms. The third-order valence-electron chi connectivity index (χ3n) is 12.8. The summed E-state index contributed by atoms with van der Waals surface area (Å²) in [5.74, 6) is -0.934. The van der Waals surface area contributed by atoms with E-state index in [1.54, 1.807) is 0 Å². The van der Waals surface area contributed by atoms with E-state index in [1.807, 2.05) is 0 Å². The zero-order valence-electron chi connectivity index (χ0n) is 44.7. The molecule has 0 saturated carbocycles. The molecule has 0 spiro atoms. The third-order valence-corrected chi connectivity index (χ3v) is 12.8. The monoisotopic (exact) mass is 939 g/mol. The van der Waals surface area contributed by atoms with E-state index >= 15 is 0 Å². The first-order valence-corrected chi connectivity index (χ1v) is 29.1. The van der Waals surface area contributed by atoms with Crippen LogP contribution in [0.15, 0.2) is 48.6 Å². The quantitative estimate of drug-likeness (QED) is 0.0262. The highest BCUT2D eigenvalue weighted by molar-refractivity contribution is 5.71. The molecule has 0 saturated heterocycles. The fraction of sp³-hybridized carbons (Fsp3) is 0.820. The van der Waals surface area contributed by atoms with Crippen LogP contribution in [0.1, 0.15) is 303 Å². The van der Waals surface area contributed by atoms with E-state index < -0.39 is 6.10 Å². The first-order valence-electron chi connectivity index (χ1n) is 29.1. The van der Waals surface area contributed by atoms with Gasteiger partial charge in [0.1, 0.15) is 13.2 Å². The van der Waals surface area contributed by atoms with Crippen molar-refractivity contribution in [2.24, 2.45) is 0 Å². The minimum atomic E-state index is -0.792. The van der Waals surface area contributed by atoms with Crippen LogP contribution >= 0.6 is 0 Å². The Morgan fingerprint density at radius 3 is 0.985 bits per heavy atom. The van der Waals surface area contributed by atoms with Gasteiger partial charge in [-0.25, -0.2) is 0 Å². The predicted molar refractivity (Wildman–Crippen MR) is 289 cm³/mol. The molecule has 0 rings (SSSR count). The van der Waals surface area contributed by atoms with Crippen LogP contribution in [0.4, 0.5) is 0 Å². The third kappa shape index (κ3) is 54.2. The highest BCUT2D eigenvalue weighted by atomic mass is 16.6. The molecule has 0 aliphatic carbocycles. The second-order valence-electron chi connectivity index (χ2n) is 19.5. The Morgan fingerprint density at radius 1 is 0.313 bits per heavy atom. The lowest BCUT2D eigenvalue weighted by atomic mass is 10.0. The predicted octanol–water partition coefficient (Wildman–Crippen LogP) is 19.4. The highest BCUT2D eigenvalue weighted by Gasteiger charge is 2.19. The maximum Gasteiger partial charge on any atom is 0.306 e. The van der Waals surface area contributed by atoms with Crippen LogP contribution in [-0.4, -0.2) is 37.2 Å². The van der Waals surface area contributed by atoms with Gasteiger partial charge in [-0.15, -0.1) is 0 Å². The van der Waals surface area contributed by atoms with E-state index in [2.05, 4.69) is 69.4 Å². The molecular formula is C61H110O6. The fourth-order valence-corrected chi connectivity index (χ4v) is 8.46. The smallest absolute Gasteiger partial charge is 0.306 e. The second kappa shape index (κ2) is 56.0. The fourth-order valence-electron chi connectivity index (χ4n) is 8.46. The summed E-state index contributed by atoms with van der Waals surface area (Å²) in [7, 11) is 0. The van der Waals surface area contributed by atoms with Crippen LogP contribution in [0.25, 0.3) is 0 Å². The van der Waals surface area contributed by atoms with Gasteiger partial charge >= 0.3 is 17.9 Å². The summed E-state index contributed by atoms with van der Waals surface area (Å²) in [6.07, 6.45) is 68.4. The molecule has 0 aromatic heterocycles. The van der Waals surface area contributed by atoms with Gasteiger partial charge in [0.2, 0.25) is 0 Å². The van der Waals surface area contributed by atoms with Gasteiger partial charge in [-0.1, -0.05) is 262 Å². The summed E-state index contributed by atoms with van der Waals surface area (Å²) in [6.45, 7) is 6.51. The minimum Gasteiger partial charge on any atom is -0.462 e. The lowest BCUT2D eigenvalue weighted by Gasteiger charge is -2.18. The van der Waals surface area contributed by atoms with E-state index in [0.29, 0.717) is 19.3 Å². The molecule has 6 heteroatoms. The van der Waals surface area contributed by atoms with Crippen molar-refractivity contribution in [3.63, 3.8) is 0 Å². The van der Waals surface area contributed by atoms with E-state index in [1.165, 1.54) is 193 Å². The van der Waals surface area contributed by atoms with Crippen molar-refractivity contribution in [3.05, 3.63) is 48.6 Å². The van der Waals surface area contributed by atoms with Gasteiger partial charge in [0.05, 0.1) is 0 Å². The number of rotatable bonds is 53. The Morgan fingerprint density at radius 2 is 0.597 bits per heavy atom. The van der Waals surface area contributed by atoms with Crippen molar-refractivity contribution in [1.82, 2.24) is 0 Å². The highest BCUT2D eigenvalue weighted by Crippen LogP contribution is 2.17. The van der Waals surface area contributed by atoms with Gasteiger partial charge < -0.3 is 14.2 Å². The van der Waals surface area contributed by atoms with E-state index in [4.69, 9.17) is 14.2 Å². The first kappa shape index (κ1) is 64.4. The molecule has 1 atom stereocenters. The van der Waals surface area contributed by atoms with Crippen LogP contribution in [0, 0.1) is 0 Å². The molecule has 0 amide bonds. The number of esters is 3. The zero-order valence-corrected chi connectivity index (χ0v) is 44.7. The number of carbonyl (C=O) groups is 3. The van der Waals surface area contributed by atoms with Gasteiger partial charge in [-0.05, 0) is 70.6 Å². The Bertz CT molecular complexity index is 1170. The summed E-state index contributed by atoms with van der Waals surface area (Å²) in [5, 5.41) is 0. The Hall–Kier alpha value is -2.63. The molecule has 0 N–H and O–H groups in total. The summed E-state index contributed by atoms with van der Waals surface area (Å²) in [6, 6.07) is 0. The maximum absolute atomic E-state index is 12.8. The van der Waals surface area contributed by atoms with Crippen molar-refractivity contribution < 1.29 is 28.6 Å². The Labute approximate surface area is 416 Å². The summed E-state index contributed by atoms with van der Waals surface area (Å²) < 4.78 is 16.8. The Balaban J connectivity index is 4.32. The number of unbranched alkanes of at least 4 members (excludes halogenated alkanes) is 34. The lowest BCUT2D eigenvalue weighted by Crippen LogP contribution is -2.30. The molecule has 0 aliphatic heterocycles. The maximum atomic E-state index is 12.8. The Kier molecular flexibility index (Phi) is 53.8. The van der Waals surface area contributed by atoms with Crippen molar-refractivity contribution in [2.75, 3.05) is 13.2 Å². The van der Waals surface area contributed by atoms with Gasteiger partial charge in [0.25, 0.3) is 0 Å². The molecule has 0 aromatic carbocycles. The van der Waals surface area contributed by atoms with Crippen molar-refractivity contribution in [1.29, 1.82) is 0 Å². The summed E-state index contributed by atoms with van der Waals surface area (Å²) in [4.78, 5) is 38.1. The zero-order chi connectivity index (χ0) is 48.6. The summed E-state index contributed by atoms with van der Waals surface area (Å²) in [5.41, 5.74) is 0. The van der Waals surface area contributed by atoms with Crippen LogP contribution in [0.2, 0.25) is 0 Å². The van der Waals surface area contributed by atoms with E-state index in [-0.39, 0.29) is 37.5 Å². The van der Waals surface area contributed by atoms with Gasteiger partial charge in [-0.3, -0.25) is 14.4 Å². The number of carbonyl (C=O) groups excluding carboxylic acids is 3. The molecule has 67 heavy (non-hydrogen) atoms. The van der Waals surface area contributed by atoms with Gasteiger partial charge in [0.15, 0.2) is 6.10 Å². The molecule has 0 aromatic rings. The average molecular weight is 940 g/mol. The van der Waals surface area contributed by atoms with Crippen LogP contribution in [-0.2, 0) is 28.6 Å². The standard InChI is InChI=1S/C61H110O6/c1-4-7-10-13-16-19-22-24-26-28-30-32-34-36-39-42-45-48-51-54-60(63)66-57-58(56-65-59(62)53-50-47-44-41-38-21-18-15-12-9-6-3)67-61(64)55-52-49-46-43-40-37-35-33-31-29-27-25-23-20-17-14-11-8-5-2/h9,12,18,21,28,30,41,44,58H,4-8,10-11,13-17,19-20,22-27,29,31-40,42-43,45-57H2,1-3H3/b12-9-,21-18-,30-28-,44-41-. The van der Waals surface area contributed by atoms with E-state index in [9.17, 15) is 14.4 Å². The minimum absolute atomic E-state index is 0.0882. The largest absolute Gasteiger partial charge is 0.462 e. The normalized spacial score (nSPS) is 12.3. The number of allylic oxidation sites excluding steroid dienone is 8. The van der Waals surface area contributed by atoms with E-state index in [0.717, 1.165) is 64.2 Å². The van der Waals surface area contributed by atoms with Crippen LogP contribution < -0.4 is 0 Å². The van der Waals surface area contributed by atoms with Gasteiger partial charge in [0, 0.05) is 19.3 Å². The molecule has 6 nitrogen and oxygen atoms in total. The van der Waals surface area contributed by atoms with Crippen molar-refractivity contribution >= 4 is 17.9 Å². The first-order chi connectivity index (χ1) is 33.0. The van der Waals surface area contributed by atoms with Crippen molar-refractivity contribution in [3.8, 4) is 0 Å². The molecule has 390 valence electrons. The SMILES string of the molecule is CC/C=C\C/C=C\C/C=C\CCCC(=O)OCC(COC(=O)CCCCCCCCC/C=C\CCCCCCCCCC)OC(=O)CCCCCCCCCCCCCCCCCCCCC. The molecule has 0 radical (unpaired) electrons. The van der Waals surface area contributed by atoms with Crippen LogP contribution in [0.5, 0.6) is 0 Å². The lowest BCUT2D eigenvalue weighted by molar-refractivity contribution is -0.167. The molecule has 0 heterocycles. The molecule has 1 unspecified atom stereocenters. The second-order valence-corrected chi connectivity index (χ2v) is 19.5. The average Bonchev–Trinajstić information content (AvgIpc) is 3.33. The number of hydrogen-bond acceptors (Lipinski definition) is 6. The van der Waals surface area contributed by atoms with Crippen LogP contribution in [0.3, 0.4) is 0 Å². The molecule has 0 aliphatic rings. The number of ether oxygens (including phenoxy) is 3. The van der Waals surface area contributed by atoms with Gasteiger partial charge in [-0.2, -0.15) is 0 Å². The number of hydrogen-bond donors (Lipinski definition) is 0.